The molecule has 2 rings (SSSR count). The van der Waals surface area contributed by atoms with Crippen molar-refractivity contribution in [2.75, 3.05) is 0 Å². The normalized spacial score (nSPS) is 20.1. The van der Waals surface area contributed by atoms with Crippen molar-refractivity contribution in [2.24, 2.45) is 0 Å². The van der Waals surface area contributed by atoms with Crippen LogP contribution >= 0.6 is 0 Å². The molecule has 1 fully saturated rings. The van der Waals surface area contributed by atoms with E-state index >= 15 is 0 Å². The van der Waals surface area contributed by atoms with Crippen LogP contribution in [-0.2, 0) is 15.7 Å². The standard InChI is InChI=1S/C14H20BNO4/c1-13(2)14(3,4)20-15(19-13)7-5-10-6-8-16-11(9-10)12(17)18/h6,8-9H,5,7H2,1-4H3,(H,17,18). The van der Waals surface area contributed by atoms with E-state index in [1.165, 1.54) is 6.20 Å². The van der Waals surface area contributed by atoms with Gasteiger partial charge in [0.05, 0.1) is 11.2 Å². The van der Waals surface area contributed by atoms with Crippen molar-refractivity contribution in [2.45, 2.75) is 51.6 Å². The first-order valence-corrected chi connectivity index (χ1v) is 6.75. The maximum Gasteiger partial charge on any atom is 0.458 e. The lowest BCUT2D eigenvalue weighted by atomic mass is 9.81. The van der Waals surface area contributed by atoms with Crippen LogP contribution in [0, 0.1) is 0 Å². The summed E-state index contributed by atoms with van der Waals surface area (Å²) in [7, 11) is -0.263. The van der Waals surface area contributed by atoms with Gasteiger partial charge in [0, 0.05) is 6.20 Å². The molecular formula is C14H20BNO4. The second-order valence-electron chi connectivity index (χ2n) is 6.08. The SMILES string of the molecule is CC1(C)OB(CCc2ccnc(C(=O)O)c2)OC1(C)C. The van der Waals surface area contributed by atoms with Gasteiger partial charge in [0.1, 0.15) is 5.69 Å². The summed E-state index contributed by atoms with van der Waals surface area (Å²) in [4.78, 5) is 14.7. The Labute approximate surface area is 119 Å². The summed E-state index contributed by atoms with van der Waals surface area (Å²) in [6.07, 6.45) is 2.90. The van der Waals surface area contributed by atoms with E-state index in [2.05, 4.69) is 4.98 Å². The van der Waals surface area contributed by atoms with Crippen LogP contribution in [0.1, 0.15) is 43.7 Å². The molecule has 108 valence electrons. The zero-order valence-electron chi connectivity index (χ0n) is 12.3. The van der Waals surface area contributed by atoms with E-state index < -0.39 is 5.97 Å². The molecule has 1 aliphatic heterocycles. The van der Waals surface area contributed by atoms with Gasteiger partial charge < -0.3 is 14.4 Å². The summed E-state index contributed by atoms with van der Waals surface area (Å²) >= 11 is 0. The van der Waals surface area contributed by atoms with Crippen molar-refractivity contribution in [3.8, 4) is 0 Å². The van der Waals surface area contributed by atoms with Gasteiger partial charge in [-0.25, -0.2) is 9.78 Å². The summed E-state index contributed by atoms with van der Waals surface area (Å²) in [5, 5.41) is 8.91. The lowest BCUT2D eigenvalue weighted by Gasteiger charge is -2.32. The topological polar surface area (TPSA) is 68.7 Å². The Morgan fingerprint density at radius 3 is 2.45 bits per heavy atom. The number of carboxylic acid groups (broad SMARTS) is 1. The number of rotatable bonds is 4. The highest BCUT2D eigenvalue weighted by molar-refractivity contribution is 6.45. The zero-order valence-corrected chi connectivity index (χ0v) is 12.3. The van der Waals surface area contributed by atoms with Crippen molar-refractivity contribution in [1.29, 1.82) is 0 Å². The predicted octanol–water partition coefficient (Wildman–Crippen LogP) is 2.41. The van der Waals surface area contributed by atoms with Gasteiger partial charge in [0.2, 0.25) is 0 Å². The predicted molar refractivity (Wildman–Crippen MR) is 75.8 cm³/mol. The molecule has 1 saturated heterocycles. The van der Waals surface area contributed by atoms with Crippen molar-refractivity contribution in [3.05, 3.63) is 29.6 Å². The minimum atomic E-state index is -1.01. The van der Waals surface area contributed by atoms with Gasteiger partial charge in [-0.3, -0.25) is 0 Å². The number of carbonyl (C=O) groups is 1. The molecule has 0 amide bonds. The molecule has 1 aliphatic rings. The fourth-order valence-electron chi connectivity index (χ4n) is 2.11. The van der Waals surface area contributed by atoms with Gasteiger partial charge >= 0.3 is 13.1 Å². The van der Waals surface area contributed by atoms with Gasteiger partial charge in [-0.1, -0.05) is 0 Å². The van der Waals surface area contributed by atoms with E-state index in [9.17, 15) is 4.79 Å². The summed E-state index contributed by atoms with van der Waals surface area (Å²) in [6.45, 7) is 8.06. The van der Waals surface area contributed by atoms with E-state index in [0.29, 0.717) is 12.7 Å². The second-order valence-corrected chi connectivity index (χ2v) is 6.08. The van der Waals surface area contributed by atoms with Crippen molar-refractivity contribution in [1.82, 2.24) is 4.98 Å². The quantitative estimate of drug-likeness (QED) is 0.856. The average Bonchev–Trinajstić information content (AvgIpc) is 2.56. The third kappa shape index (κ3) is 3.02. The second kappa shape index (κ2) is 5.18. The molecule has 6 heteroatoms. The molecule has 0 aliphatic carbocycles. The number of nitrogens with zero attached hydrogens (tertiary/aromatic N) is 1. The number of hydrogen-bond donors (Lipinski definition) is 1. The molecule has 1 aromatic heterocycles. The first-order chi connectivity index (χ1) is 9.21. The zero-order chi connectivity index (χ0) is 15.0. The highest BCUT2D eigenvalue weighted by Crippen LogP contribution is 2.37. The van der Waals surface area contributed by atoms with Crippen LogP contribution in [0.2, 0.25) is 6.32 Å². The van der Waals surface area contributed by atoms with Crippen LogP contribution in [0.15, 0.2) is 18.3 Å². The van der Waals surface area contributed by atoms with E-state index in [1.54, 1.807) is 6.07 Å². The highest BCUT2D eigenvalue weighted by Gasteiger charge is 2.50. The molecule has 0 aromatic carbocycles. The van der Waals surface area contributed by atoms with E-state index in [4.69, 9.17) is 14.4 Å². The number of pyridine rings is 1. The van der Waals surface area contributed by atoms with E-state index in [-0.39, 0.29) is 24.0 Å². The molecule has 0 atom stereocenters. The molecular weight excluding hydrogens is 257 g/mol. The minimum Gasteiger partial charge on any atom is -0.477 e. The first kappa shape index (κ1) is 15.0. The molecule has 0 unspecified atom stereocenters. The van der Waals surface area contributed by atoms with Crippen LogP contribution < -0.4 is 0 Å². The lowest BCUT2D eigenvalue weighted by molar-refractivity contribution is 0.00578. The Hall–Kier alpha value is -1.40. The van der Waals surface area contributed by atoms with Crippen LogP contribution in [0.25, 0.3) is 0 Å². The number of aryl methyl sites for hydroxylation is 1. The Morgan fingerprint density at radius 2 is 1.90 bits per heavy atom. The molecule has 20 heavy (non-hydrogen) atoms. The maximum atomic E-state index is 10.9. The van der Waals surface area contributed by atoms with Crippen LogP contribution in [-0.4, -0.2) is 34.4 Å². The van der Waals surface area contributed by atoms with E-state index in [1.807, 2.05) is 33.8 Å². The van der Waals surface area contributed by atoms with Crippen molar-refractivity contribution < 1.29 is 19.2 Å². The third-order valence-corrected chi connectivity index (χ3v) is 4.01. The molecule has 0 spiro atoms. The molecule has 0 bridgehead atoms. The van der Waals surface area contributed by atoms with Crippen LogP contribution in [0.4, 0.5) is 0 Å². The molecule has 0 radical (unpaired) electrons. The van der Waals surface area contributed by atoms with Gasteiger partial charge in [-0.05, 0) is 58.1 Å². The largest absolute Gasteiger partial charge is 0.477 e. The highest BCUT2D eigenvalue weighted by atomic mass is 16.7. The molecule has 5 nitrogen and oxygen atoms in total. The van der Waals surface area contributed by atoms with Crippen LogP contribution in [0.3, 0.4) is 0 Å². The fraction of sp³-hybridized carbons (Fsp3) is 0.571. The Bertz CT molecular complexity index is 500. The summed E-state index contributed by atoms with van der Waals surface area (Å²) < 4.78 is 11.8. The maximum absolute atomic E-state index is 10.9. The smallest absolute Gasteiger partial charge is 0.458 e. The lowest BCUT2D eigenvalue weighted by Crippen LogP contribution is -2.41. The third-order valence-electron chi connectivity index (χ3n) is 4.01. The number of hydrogen-bond acceptors (Lipinski definition) is 4. The number of aromatic nitrogens is 1. The molecule has 0 saturated carbocycles. The fourth-order valence-corrected chi connectivity index (χ4v) is 2.11. The Balaban J connectivity index is 1.97. The molecule has 2 heterocycles. The van der Waals surface area contributed by atoms with Crippen molar-refractivity contribution >= 4 is 13.1 Å². The van der Waals surface area contributed by atoms with Gasteiger partial charge in [-0.2, -0.15) is 0 Å². The Morgan fingerprint density at radius 1 is 1.30 bits per heavy atom. The van der Waals surface area contributed by atoms with Gasteiger partial charge in [0.25, 0.3) is 0 Å². The van der Waals surface area contributed by atoms with Crippen molar-refractivity contribution in [3.63, 3.8) is 0 Å². The first-order valence-electron chi connectivity index (χ1n) is 6.75. The monoisotopic (exact) mass is 277 g/mol. The molecule has 1 N–H and O–H groups in total. The van der Waals surface area contributed by atoms with E-state index in [0.717, 1.165) is 5.56 Å². The van der Waals surface area contributed by atoms with Gasteiger partial charge in [-0.15, -0.1) is 0 Å². The molecule has 1 aromatic rings. The average molecular weight is 277 g/mol. The summed E-state index contributed by atoms with van der Waals surface area (Å²) in [6, 6.07) is 3.41. The number of aromatic carboxylic acids is 1. The summed E-state index contributed by atoms with van der Waals surface area (Å²) in [5.41, 5.74) is 0.327. The number of carboxylic acids is 1. The summed E-state index contributed by atoms with van der Waals surface area (Å²) in [5.74, 6) is -1.01. The Kier molecular flexibility index (Phi) is 3.89. The van der Waals surface area contributed by atoms with Crippen LogP contribution in [0.5, 0.6) is 0 Å². The minimum absolute atomic E-state index is 0.0661. The van der Waals surface area contributed by atoms with Gasteiger partial charge in [0.15, 0.2) is 0 Å².